The van der Waals surface area contributed by atoms with E-state index in [-0.39, 0.29) is 0 Å². The minimum absolute atomic E-state index is 0.588. The first-order chi connectivity index (χ1) is 14.7. The van der Waals surface area contributed by atoms with Crippen LogP contribution < -0.4 is 0 Å². The van der Waals surface area contributed by atoms with Crippen molar-refractivity contribution in [1.29, 1.82) is 0 Å². The summed E-state index contributed by atoms with van der Waals surface area (Å²) in [7, 11) is 0. The van der Waals surface area contributed by atoms with E-state index >= 15 is 0 Å². The predicted molar refractivity (Wildman–Crippen MR) is 142 cm³/mol. The Morgan fingerprint density at radius 1 is 0.774 bits per heavy atom. The van der Waals surface area contributed by atoms with E-state index in [1.54, 1.807) is 0 Å². The van der Waals surface area contributed by atoms with Gasteiger partial charge in [-0.3, -0.25) is 0 Å². The largest absolute Gasteiger partial charge is 0.311 e. The summed E-state index contributed by atoms with van der Waals surface area (Å²) in [5, 5.41) is 26.4. The Kier molecular flexibility index (Phi) is 6.38. The van der Waals surface area contributed by atoms with Crippen molar-refractivity contribution in [3.63, 3.8) is 0 Å². The molecular weight excluding hydrogens is 505 g/mol. The second kappa shape index (κ2) is 8.55. The summed E-state index contributed by atoms with van der Waals surface area (Å²) < 4.78 is 5.73. The highest BCUT2D eigenvalue weighted by molar-refractivity contribution is 8.43. The number of thioether (sulfide) groups is 6. The first-order valence-corrected chi connectivity index (χ1v) is 15.2. The quantitative estimate of drug-likeness (QED) is 0.400. The average molecular weight is 529 g/mol. The molecule has 0 atom stereocenters. The maximum atomic E-state index is 10.8. The van der Waals surface area contributed by atoms with E-state index in [9.17, 15) is 10.4 Å². The van der Waals surface area contributed by atoms with Crippen molar-refractivity contribution in [2.24, 2.45) is 0 Å². The SMILES string of the molecule is CC1(C)N(O)C(c2ccc(C3=CSC(=C4SC5=C(SCCS5)S4)S3)cc2)N(O)C1(C)C. The summed E-state index contributed by atoms with van der Waals surface area (Å²) >= 11 is 11.5. The van der Waals surface area contributed by atoms with Gasteiger partial charge in [-0.25, -0.2) is 0 Å². The Morgan fingerprint density at radius 2 is 1.32 bits per heavy atom. The van der Waals surface area contributed by atoms with Gasteiger partial charge in [-0.2, -0.15) is 10.1 Å². The lowest BCUT2D eigenvalue weighted by atomic mass is 9.84. The molecule has 1 fully saturated rings. The molecule has 1 aromatic rings. The third-order valence-electron chi connectivity index (χ3n) is 6.33. The molecule has 166 valence electrons. The van der Waals surface area contributed by atoms with Gasteiger partial charge >= 0.3 is 0 Å². The van der Waals surface area contributed by atoms with Gasteiger partial charge in [0.05, 0.1) is 28.0 Å². The van der Waals surface area contributed by atoms with E-state index in [0.29, 0.717) is 0 Å². The molecule has 0 bridgehead atoms. The zero-order chi connectivity index (χ0) is 22.0. The maximum Gasteiger partial charge on any atom is 0.136 e. The molecule has 0 saturated carbocycles. The Bertz CT molecular complexity index is 962. The highest BCUT2D eigenvalue weighted by atomic mass is 32.3. The lowest BCUT2D eigenvalue weighted by Gasteiger charge is -2.37. The summed E-state index contributed by atoms with van der Waals surface area (Å²) in [6.45, 7) is 7.78. The zero-order valence-electron chi connectivity index (χ0n) is 17.6. The molecular formula is C21H24N2O2S6. The van der Waals surface area contributed by atoms with Gasteiger partial charge < -0.3 is 10.4 Å². The number of nitrogens with zero attached hydrogens (tertiary/aromatic N) is 2. The normalized spacial score (nSPS) is 26.7. The van der Waals surface area contributed by atoms with Gasteiger partial charge in [-0.05, 0) is 44.2 Å². The van der Waals surface area contributed by atoms with Gasteiger partial charge in [-0.15, -0.1) is 23.5 Å². The summed E-state index contributed by atoms with van der Waals surface area (Å²) in [6.07, 6.45) is -0.588. The van der Waals surface area contributed by atoms with E-state index in [1.165, 1.54) is 43.5 Å². The highest BCUT2D eigenvalue weighted by Crippen LogP contribution is 2.64. The summed E-state index contributed by atoms with van der Waals surface area (Å²) in [5.41, 5.74) is 0.854. The van der Waals surface area contributed by atoms with Gasteiger partial charge in [0.15, 0.2) is 0 Å². The van der Waals surface area contributed by atoms with Crippen LogP contribution in [0.25, 0.3) is 4.91 Å². The molecule has 0 amide bonds. The fourth-order valence-corrected chi connectivity index (χ4v) is 12.2. The van der Waals surface area contributed by atoms with Crippen molar-refractivity contribution in [3.05, 3.63) is 57.7 Å². The van der Waals surface area contributed by atoms with Crippen LogP contribution in [0.5, 0.6) is 0 Å². The van der Waals surface area contributed by atoms with Crippen molar-refractivity contribution < 1.29 is 10.4 Å². The molecule has 0 aliphatic carbocycles. The maximum absolute atomic E-state index is 10.8. The van der Waals surface area contributed by atoms with E-state index in [4.69, 9.17) is 0 Å². The van der Waals surface area contributed by atoms with E-state index in [1.807, 2.05) is 110 Å². The minimum atomic E-state index is -0.590. The van der Waals surface area contributed by atoms with Gasteiger partial charge in [0, 0.05) is 16.4 Å². The highest BCUT2D eigenvalue weighted by Gasteiger charge is 2.58. The van der Waals surface area contributed by atoms with Crippen LogP contribution in [0.3, 0.4) is 0 Å². The summed E-state index contributed by atoms with van der Waals surface area (Å²) in [4.78, 5) is 1.25. The van der Waals surface area contributed by atoms with Crippen LogP contribution in [0.1, 0.15) is 45.0 Å². The monoisotopic (exact) mass is 528 g/mol. The first-order valence-electron chi connectivity index (χ1n) is 9.91. The molecule has 10 heteroatoms. The van der Waals surface area contributed by atoms with E-state index in [2.05, 4.69) is 17.5 Å². The summed E-state index contributed by atoms with van der Waals surface area (Å²) in [6, 6.07) is 8.19. The molecule has 31 heavy (non-hydrogen) atoms. The molecule has 0 aromatic heterocycles. The minimum Gasteiger partial charge on any atom is -0.311 e. The van der Waals surface area contributed by atoms with Crippen LogP contribution >= 0.6 is 70.6 Å². The van der Waals surface area contributed by atoms with E-state index < -0.39 is 17.2 Å². The second-order valence-corrected chi connectivity index (χ2v) is 15.8. The number of hydrogen-bond acceptors (Lipinski definition) is 10. The van der Waals surface area contributed by atoms with Gasteiger partial charge in [0.25, 0.3) is 0 Å². The number of hydroxylamine groups is 4. The topological polar surface area (TPSA) is 46.9 Å². The molecule has 1 aromatic carbocycles. The van der Waals surface area contributed by atoms with Gasteiger partial charge in [0.2, 0.25) is 0 Å². The van der Waals surface area contributed by atoms with Crippen LogP contribution in [0.2, 0.25) is 0 Å². The zero-order valence-corrected chi connectivity index (χ0v) is 22.5. The number of benzene rings is 1. The fourth-order valence-electron chi connectivity index (χ4n) is 3.65. The molecule has 4 aliphatic rings. The molecule has 0 radical (unpaired) electrons. The molecule has 4 nitrogen and oxygen atoms in total. The number of rotatable bonds is 2. The van der Waals surface area contributed by atoms with Crippen LogP contribution in [0.4, 0.5) is 0 Å². The van der Waals surface area contributed by atoms with Crippen molar-refractivity contribution in [3.8, 4) is 0 Å². The van der Waals surface area contributed by atoms with Crippen molar-refractivity contribution >= 4 is 75.5 Å². The van der Waals surface area contributed by atoms with Crippen molar-refractivity contribution in [2.75, 3.05) is 11.5 Å². The van der Waals surface area contributed by atoms with Crippen LogP contribution in [-0.4, -0.2) is 43.1 Å². The molecule has 2 N–H and O–H groups in total. The van der Waals surface area contributed by atoms with Crippen LogP contribution in [0, 0.1) is 0 Å². The summed E-state index contributed by atoms with van der Waals surface area (Å²) in [5.74, 6) is 2.42. The average Bonchev–Trinajstić information content (AvgIpc) is 3.43. The van der Waals surface area contributed by atoms with Crippen LogP contribution in [0.15, 0.2) is 46.6 Å². The van der Waals surface area contributed by atoms with Gasteiger partial charge in [-0.1, -0.05) is 71.3 Å². The second-order valence-electron chi connectivity index (χ2n) is 8.56. The fraction of sp³-hybridized carbons (Fsp3) is 0.429. The smallest absolute Gasteiger partial charge is 0.136 e. The molecule has 5 rings (SSSR count). The van der Waals surface area contributed by atoms with E-state index in [0.717, 1.165) is 11.1 Å². The Balaban J connectivity index is 1.31. The Morgan fingerprint density at radius 3 is 1.87 bits per heavy atom. The first kappa shape index (κ1) is 23.1. The third-order valence-corrected chi connectivity index (χ3v) is 15.1. The molecule has 0 spiro atoms. The van der Waals surface area contributed by atoms with Crippen molar-refractivity contribution in [2.45, 2.75) is 44.9 Å². The lowest BCUT2D eigenvalue weighted by Crippen LogP contribution is -2.52. The molecule has 4 heterocycles. The molecule has 0 unspecified atom stereocenters. The van der Waals surface area contributed by atoms with Crippen LogP contribution in [-0.2, 0) is 0 Å². The molecule has 4 aliphatic heterocycles. The van der Waals surface area contributed by atoms with Crippen molar-refractivity contribution in [1.82, 2.24) is 10.1 Å². The van der Waals surface area contributed by atoms with Gasteiger partial charge in [0.1, 0.15) is 6.17 Å². The third kappa shape index (κ3) is 3.88. The lowest BCUT2D eigenvalue weighted by molar-refractivity contribution is -0.223. The molecule has 1 saturated heterocycles. The number of hydrogen-bond donors (Lipinski definition) is 2. The predicted octanol–water partition coefficient (Wildman–Crippen LogP) is 7.63. The Hall–Kier alpha value is 0.380. The standard InChI is InChI=1S/C21H24N2O2S6/c1-20(2)21(3,4)23(25)15(22(20)24)13-7-5-12(6-8-13)14-11-28-18(29-14)19-30-16-17(31-19)27-10-9-26-16/h5-8,11,15,24-25H,9-10H2,1-4H3. The Labute approximate surface area is 209 Å².